The highest BCUT2D eigenvalue weighted by Crippen LogP contribution is 2.48. The Morgan fingerprint density at radius 2 is 2.21 bits per heavy atom. The minimum Gasteiger partial charge on any atom is -0.381 e. The molecule has 1 heterocycles. The normalized spacial score (nSPS) is 21.7. The van der Waals surface area contributed by atoms with Gasteiger partial charge in [-0.3, -0.25) is 0 Å². The number of hydrogen-bond acceptors (Lipinski definition) is 2. The number of nitrogens with zero attached hydrogens (tertiary/aromatic N) is 1. The van der Waals surface area contributed by atoms with Crippen LogP contribution in [0, 0.1) is 0 Å². The lowest BCUT2D eigenvalue weighted by Gasteiger charge is -2.37. The maximum Gasteiger partial charge on any atom is 0.0605 e. The van der Waals surface area contributed by atoms with Gasteiger partial charge in [0.25, 0.3) is 0 Å². The first-order chi connectivity index (χ1) is 6.71. The van der Waals surface area contributed by atoms with Crippen molar-refractivity contribution >= 4 is 23.0 Å². The van der Waals surface area contributed by atoms with E-state index < -0.39 is 0 Å². The molecule has 1 N–H and O–H groups in total. The summed E-state index contributed by atoms with van der Waals surface area (Å²) in [4.78, 5) is 2.40. The van der Waals surface area contributed by atoms with Crippen LogP contribution in [-0.2, 0) is 0 Å². The van der Waals surface area contributed by atoms with Gasteiger partial charge in [0.15, 0.2) is 0 Å². The molecule has 1 aliphatic carbocycles. The third kappa shape index (κ3) is 1.04. The summed E-state index contributed by atoms with van der Waals surface area (Å²) < 4.78 is 0. The molecule has 3 rings (SSSR count). The molecule has 0 amide bonds. The fraction of sp³-hybridized carbons (Fsp3) is 0.455. The molecule has 0 radical (unpaired) electrons. The van der Waals surface area contributed by atoms with Gasteiger partial charge in [0.1, 0.15) is 0 Å². The molecule has 2 aliphatic rings. The summed E-state index contributed by atoms with van der Waals surface area (Å²) in [5, 5.41) is 4.26. The summed E-state index contributed by atoms with van der Waals surface area (Å²) in [5.41, 5.74) is 2.84. The van der Waals surface area contributed by atoms with Gasteiger partial charge in [-0.25, -0.2) is 0 Å². The lowest BCUT2D eigenvalue weighted by Crippen LogP contribution is -2.43. The van der Waals surface area contributed by atoms with Gasteiger partial charge >= 0.3 is 0 Å². The van der Waals surface area contributed by atoms with Crippen LogP contribution in [-0.4, -0.2) is 19.1 Å². The van der Waals surface area contributed by atoms with Gasteiger partial charge in [-0.15, -0.1) is 0 Å². The lowest BCUT2D eigenvalue weighted by atomic mass is 10.1. The summed E-state index contributed by atoms with van der Waals surface area (Å²) in [6.45, 7) is 1.05. The average Bonchev–Trinajstić information content (AvgIpc) is 2.93. The smallest absolute Gasteiger partial charge is 0.0605 e. The summed E-state index contributed by atoms with van der Waals surface area (Å²) in [6, 6.07) is 6.06. The van der Waals surface area contributed by atoms with Crippen molar-refractivity contribution in [2.45, 2.75) is 18.4 Å². The quantitative estimate of drug-likeness (QED) is 0.706. The van der Waals surface area contributed by atoms with Crippen LogP contribution in [0.15, 0.2) is 18.2 Å². The van der Waals surface area contributed by atoms with Crippen molar-refractivity contribution < 1.29 is 0 Å². The molecule has 1 spiro atoms. The monoisotopic (exact) mass is 208 g/mol. The van der Waals surface area contributed by atoms with Gasteiger partial charge < -0.3 is 10.2 Å². The molecule has 0 saturated heterocycles. The molecule has 74 valence electrons. The maximum absolute atomic E-state index is 5.95. The van der Waals surface area contributed by atoms with Crippen molar-refractivity contribution in [2.24, 2.45) is 0 Å². The van der Waals surface area contributed by atoms with Crippen LogP contribution in [0.3, 0.4) is 0 Å². The second kappa shape index (κ2) is 2.57. The largest absolute Gasteiger partial charge is 0.381 e. The van der Waals surface area contributed by atoms with E-state index >= 15 is 0 Å². The maximum atomic E-state index is 5.95. The van der Waals surface area contributed by atoms with Gasteiger partial charge in [-0.1, -0.05) is 11.6 Å². The fourth-order valence-electron chi connectivity index (χ4n) is 2.23. The predicted octanol–water partition coefficient (Wildman–Crippen LogP) is 2.73. The number of anilines is 2. The van der Waals surface area contributed by atoms with Crippen LogP contribution in [0.4, 0.5) is 11.4 Å². The minimum absolute atomic E-state index is 0.404. The fourth-order valence-corrected chi connectivity index (χ4v) is 2.40. The first-order valence-electron chi connectivity index (χ1n) is 4.99. The van der Waals surface area contributed by atoms with Gasteiger partial charge in [-0.2, -0.15) is 0 Å². The number of halogens is 1. The zero-order valence-corrected chi connectivity index (χ0v) is 8.93. The number of fused-ring (bicyclic) bond motifs is 1. The molecule has 0 atom stereocenters. The van der Waals surface area contributed by atoms with Crippen LogP contribution in [0.1, 0.15) is 12.8 Å². The standard InChI is InChI=1S/C11H13ClN2/c1-14-10-3-2-8(12)6-9(10)13-7-11(14)4-5-11/h2-3,6,13H,4-5,7H2,1H3. The van der Waals surface area contributed by atoms with Crippen LogP contribution in [0.2, 0.25) is 5.02 Å². The van der Waals surface area contributed by atoms with Crippen molar-refractivity contribution in [3.05, 3.63) is 23.2 Å². The number of hydrogen-bond donors (Lipinski definition) is 1. The summed E-state index contributed by atoms with van der Waals surface area (Å²) >= 11 is 5.95. The van der Waals surface area contributed by atoms with Gasteiger partial charge in [-0.05, 0) is 31.0 Å². The highest BCUT2D eigenvalue weighted by atomic mass is 35.5. The van der Waals surface area contributed by atoms with Crippen molar-refractivity contribution in [1.82, 2.24) is 0 Å². The zero-order valence-electron chi connectivity index (χ0n) is 8.18. The first kappa shape index (κ1) is 8.42. The number of nitrogens with one attached hydrogen (secondary N) is 1. The molecule has 3 heteroatoms. The molecule has 14 heavy (non-hydrogen) atoms. The van der Waals surface area contributed by atoms with Gasteiger partial charge in [0.2, 0.25) is 0 Å². The van der Waals surface area contributed by atoms with E-state index in [2.05, 4.69) is 23.3 Å². The van der Waals surface area contributed by atoms with Crippen LogP contribution >= 0.6 is 11.6 Å². The number of benzene rings is 1. The molecule has 0 aromatic heterocycles. The topological polar surface area (TPSA) is 15.3 Å². The molecular weight excluding hydrogens is 196 g/mol. The van der Waals surface area contributed by atoms with Crippen LogP contribution in [0.5, 0.6) is 0 Å². The minimum atomic E-state index is 0.404. The molecule has 2 nitrogen and oxygen atoms in total. The van der Waals surface area contributed by atoms with Gasteiger partial charge in [0, 0.05) is 18.6 Å². The number of likely N-dealkylation sites (N-methyl/N-ethyl adjacent to an activating group) is 1. The van der Waals surface area contributed by atoms with E-state index in [9.17, 15) is 0 Å². The Kier molecular flexibility index (Phi) is 1.55. The Morgan fingerprint density at radius 3 is 2.93 bits per heavy atom. The molecule has 1 aromatic carbocycles. The molecule has 1 aliphatic heterocycles. The Hall–Kier alpha value is -0.890. The van der Waals surface area contributed by atoms with E-state index in [4.69, 9.17) is 11.6 Å². The molecule has 1 fully saturated rings. The van der Waals surface area contributed by atoms with E-state index in [1.54, 1.807) is 0 Å². The van der Waals surface area contributed by atoms with Crippen molar-refractivity contribution in [2.75, 3.05) is 23.8 Å². The molecular formula is C11H13ClN2. The molecule has 0 bridgehead atoms. The zero-order chi connectivity index (χ0) is 9.76. The van der Waals surface area contributed by atoms with E-state index in [0.29, 0.717) is 5.54 Å². The summed E-state index contributed by atoms with van der Waals surface area (Å²) in [5.74, 6) is 0. The van der Waals surface area contributed by atoms with Gasteiger partial charge in [0.05, 0.1) is 16.9 Å². The average molecular weight is 209 g/mol. The Morgan fingerprint density at radius 1 is 1.43 bits per heavy atom. The highest BCUT2D eigenvalue weighted by Gasteiger charge is 2.48. The van der Waals surface area contributed by atoms with Crippen LogP contribution in [0.25, 0.3) is 0 Å². The SMILES string of the molecule is CN1c2ccc(Cl)cc2NCC12CC2. The predicted molar refractivity (Wildman–Crippen MR) is 60.3 cm³/mol. The Labute approximate surface area is 88.9 Å². The Bertz CT molecular complexity index is 385. The van der Waals surface area contributed by atoms with Crippen molar-refractivity contribution in [3.63, 3.8) is 0 Å². The molecule has 1 saturated carbocycles. The summed E-state index contributed by atoms with van der Waals surface area (Å²) in [7, 11) is 2.18. The third-order valence-electron chi connectivity index (χ3n) is 3.47. The van der Waals surface area contributed by atoms with Crippen LogP contribution < -0.4 is 10.2 Å². The van der Waals surface area contributed by atoms with E-state index in [-0.39, 0.29) is 0 Å². The molecule has 0 unspecified atom stereocenters. The van der Waals surface area contributed by atoms with Crippen molar-refractivity contribution in [3.8, 4) is 0 Å². The second-order valence-electron chi connectivity index (χ2n) is 4.30. The third-order valence-corrected chi connectivity index (χ3v) is 3.70. The highest BCUT2D eigenvalue weighted by molar-refractivity contribution is 6.31. The van der Waals surface area contributed by atoms with E-state index in [0.717, 1.165) is 17.3 Å². The summed E-state index contributed by atoms with van der Waals surface area (Å²) in [6.07, 6.45) is 2.61. The molecule has 1 aromatic rings. The van der Waals surface area contributed by atoms with Crippen molar-refractivity contribution in [1.29, 1.82) is 0 Å². The van der Waals surface area contributed by atoms with E-state index in [1.165, 1.54) is 18.5 Å². The second-order valence-corrected chi connectivity index (χ2v) is 4.73. The first-order valence-corrected chi connectivity index (χ1v) is 5.36. The van der Waals surface area contributed by atoms with E-state index in [1.807, 2.05) is 12.1 Å². The lowest BCUT2D eigenvalue weighted by molar-refractivity contribution is 0.641. The number of rotatable bonds is 0. The Balaban J connectivity index is 2.07.